The Labute approximate surface area is 209 Å². The summed E-state index contributed by atoms with van der Waals surface area (Å²) in [7, 11) is -3.57. The molecule has 3 rings (SSSR count). The van der Waals surface area contributed by atoms with Gasteiger partial charge in [0.25, 0.3) is 5.91 Å². The SMILES string of the molecule is CCOc1ccccc1N(Cc1ccc(C(=O)N[C@H](C)c2cc(C)c(C)cc2C)cc1)S(C)(=O)=O. The normalized spacial score (nSPS) is 12.2. The Morgan fingerprint density at radius 2 is 1.60 bits per heavy atom. The molecular weight excluding hydrogens is 460 g/mol. The van der Waals surface area contributed by atoms with Crippen LogP contribution in [0.2, 0.25) is 0 Å². The zero-order valence-electron chi connectivity index (χ0n) is 21.3. The first kappa shape index (κ1) is 26.3. The number of amides is 1. The predicted octanol–water partition coefficient (Wildman–Crippen LogP) is 5.47. The number of hydrogen-bond donors (Lipinski definition) is 1. The first-order valence-electron chi connectivity index (χ1n) is 11.7. The third-order valence-corrected chi connectivity index (χ3v) is 7.20. The predicted molar refractivity (Wildman–Crippen MR) is 142 cm³/mol. The largest absolute Gasteiger partial charge is 0.492 e. The molecule has 1 N–H and O–H groups in total. The number of sulfonamides is 1. The van der Waals surface area contributed by atoms with Crippen LogP contribution in [0.25, 0.3) is 0 Å². The van der Waals surface area contributed by atoms with E-state index in [4.69, 9.17) is 4.74 Å². The molecule has 6 nitrogen and oxygen atoms in total. The van der Waals surface area contributed by atoms with Crippen molar-refractivity contribution in [2.75, 3.05) is 17.2 Å². The first-order valence-corrected chi connectivity index (χ1v) is 13.5. The molecule has 0 spiro atoms. The van der Waals surface area contributed by atoms with Crippen molar-refractivity contribution in [1.82, 2.24) is 5.32 Å². The number of hydrogen-bond acceptors (Lipinski definition) is 4. The fraction of sp³-hybridized carbons (Fsp3) is 0.321. The van der Waals surface area contributed by atoms with Crippen LogP contribution in [0.3, 0.4) is 0 Å². The van der Waals surface area contributed by atoms with Gasteiger partial charge in [0, 0.05) is 5.56 Å². The molecule has 35 heavy (non-hydrogen) atoms. The third-order valence-electron chi connectivity index (χ3n) is 6.07. The van der Waals surface area contributed by atoms with Crippen molar-refractivity contribution in [2.45, 2.75) is 47.2 Å². The summed E-state index contributed by atoms with van der Waals surface area (Å²) in [6, 6.07) is 18.2. The summed E-state index contributed by atoms with van der Waals surface area (Å²) in [5.74, 6) is 0.329. The molecule has 0 fully saturated rings. The lowest BCUT2D eigenvalue weighted by Crippen LogP contribution is -2.30. The number of rotatable bonds is 9. The molecule has 0 saturated heterocycles. The van der Waals surface area contributed by atoms with Crippen LogP contribution in [0, 0.1) is 20.8 Å². The van der Waals surface area contributed by atoms with Crippen molar-refractivity contribution in [3.8, 4) is 5.75 Å². The zero-order chi connectivity index (χ0) is 25.8. The van der Waals surface area contributed by atoms with Gasteiger partial charge in [0.05, 0.1) is 31.1 Å². The van der Waals surface area contributed by atoms with Gasteiger partial charge in [-0.05, 0) is 86.7 Å². The van der Waals surface area contributed by atoms with Crippen molar-refractivity contribution in [2.24, 2.45) is 0 Å². The maximum atomic E-state index is 12.9. The fourth-order valence-electron chi connectivity index (χ4n) is 4.06. The summed E-state index contributed by atoms with van der Waals surface area (Å²) >= 11 is 0. The van der Waals surface area contributed by atoms with Gasteiger partial charge in [-0.15, -0.1) is 0 Å². The van der Waals surface area contributed by atoms with Gasteiger partial charge >= 0.3 is 0 Å². The highest BCUT2D eigenvalue weighted by Gasteiger charge is 2.22. The lowest BCUT2D eigenvalue weighted by molar-refractivity contribution is 0.0939. The van der Waals surface area contributed by atoms with Gasteiger partial charge in [-0.3, -0.25) is 9.10 Å². The number of ether oxygens (including phenoxy) is 1. The van der Waals surface area contributed by atoms with E-state index in [9.17, 15) is 13.2 Å². The number of benzene rings is 3. The molecular formula is C28H34N2O4S. The number of nitrogens with one attached hydrogen (secondary N) is 1. The molecule has 0 aliphatic rings. The minimum Gasteiger partial charge on any atom is -0.492 e. The lowest BCUT2D eigenvalue weighted by atomic mass is 9.96. The topological polar surface area (TPSA) is 75.7 Å². The van der Waals surface area contributed by atoms with Gasteiger partial charge in [0.1, 0.15) is 5.75 Å². The van der Waals surface area contributed by atoms with Gasteiger partial charge in [-0.25, -0.2) is 8.42 Å². The molecule has 1 amide bonds. The van der Waals surface area contributed by atoms with Gasteiger partial charge in [0.2, 0.25) is 10.0 Å². The second kappa shape index (κ2) is 11.0. The number of para-hydroxylation sites is 2. The maximum Gasteiger partial charge on any atom is 0.251 e. The molecule has 0 heterocycles. The minimum atomic E-state index is -3.57. The molecule has 0 aromatic heterocycles. The molecule has 3 aromatic carbocycles. The molecule has 1 atom stereocenters. The number of anilines is 1. The highest BCUT2D eigenvalue weighted by atomic mass is 32.2. The monoisotopic (exact) mass is 494 g/mol. The highest BCUT2D eigenvalue weighted by molar-refractivity contribution is 7.92. The molecule has 186 valence electrons. The Kier molecular flexibility index (Phi) is 8.22. The minimum absolute atomic E-state index is 0.128. The number of carbonyl (C=O) groups is 1. The van der Waals surface area contributed by atoms with Crippen LogP contribution in [0.4, 0.5) is 5.69 Å². The maximum absolute atomic E-state index is 12.9. The standard InChI is InChI=1S/C28H34N2O4S/c1-7-34-27-11-9-8-10-26(27)30(35(6,32)33)18-23-12-14-24(15-13-23)28(31)29-22(5)25-17-20(3)19(2)16-21(25)4/h8-17,22H,7,18H2,1-6H3,(H,29,31)/t22-/m1/s1. The first-order chi connectivity index (χ1) is 16.5. The summed E-state index contributed by atoms with van der Waals surface area (Å²) in [5.41, 5.74) is 6.42. The van der Waals surface area contributed by atoms with Crippen molar-refractivity contribution in [3.63, 3.8) is 0 Å². The number of nitrogens with zero attached hydrogens (tertiary/aromatic N) is 1. The van der Waals surface area contributed by atoms with E-state index >= 15 is 0 Å². The summed E-state index contributed by atoms with van der Waals surface area (Å²) in [4.78, 5) is 12.9. The summed E-state index contributed by atoms with van der Waals surface area (Å²) in [6.07, 6.45) is 1.17. The van der Waals surface area contributed by atoms with Crippen LogP contribution < -0.4 is 14.4 Å². The molecule has 0 saturated carbocycles. The smallest absolute Gasteiger partial charge is 0.251 e. The van der Waals surface area contributed by atoms with E-state index in [0.717, 1.165) is 16.7 Å². The highest BCUT2D eigenvalue weighted by Crippen LogP contribution is 2.31. The Bertz CT molecular complexity index is 1300. The third kappa shape index (κ3) is 6.42. The van der Waals surface area contributed by atoms with Crippen molar-refractivity contribution in [1.29, 1.82) is 0 Å². The van der Waals surface area contributed by atoms with Crippen molar-refractivity contribution >= 4 is 21.6 Å². The van der Waals surface area contributed by atoms with E-state index in [2.05, 4.69) is 38.2 Å². The Morgan fingerprint density at radius 3 is 2.23 bits per heavy atom. The molecule has 0 bridgehead atoms. The van der Waals surface area contributed by atoms with Gasteiger partial charge in [0.15, 0.2) is 0 Å². The van der Waals surface area contributed by atoms with E-state index < -0.39 is 10.0 Å². The van der Waals surface area contributed by atoms with E-state index in [0.29, 0.717) is 23.6 Å². The van der Waals surface area contributed by atoms with Crippen LogP contribution in [0.5, 0.6) is 5.75 Å². The van der Waals surface area contributed by atoms with Crippen LogP contribution >= 0.6 is 0 Å². The number of aryl methyl sites for hydroxylation is 3. The Balaban J connectivity index is 1.78. The van der Waals surface area contributed by atoms with E-state index in [1.807, 2.05) is 19.9 Å². The summed E-state index contributed by atoms with van der Waals surface area (Å²) < 4.78 is 32.2. The number of carbonyl (C=O) groups excluding carboxylic acids is 1. The van der Waals surface area contributed by atoms with Crippen LogP contribution in [-0.4, -0.2) is 27.2 Å². The fourth-order valence-corrected chi connectivity index (χ4v) is 4.95. The summed E-state index contributed by atoms with van der Waals surface area (Å²) in [5, 5.41) is 3.07. The average molecular weight is 495 g/mol. The van der Waals surface area contributed by atoms with Gasteiger partial charge < -0.3 is 10.1 Å². The zero-order valence-corrected chi connectivity index (χ0v) is 22.1. The van der Waals surface area contributed by atoms with Gasteiger partial charge in [-0.2, -0.15) is 0 Å². The average Bonchev–Trinajstić information content (AvgIpc) is 2.80. The van der Waals surface area contributed by atoms with Crippen LogP contribution in [0.15, 0.2) is 60.7 Å². The Hall–Kier alpha value is -3.32. The van der Waals surface area contributed by atoms with Crippen molar-refractivity contribution in [3.05, 3.63) is 94.0 Å². The van der Waals surface area contributed by atoms with Crippen molar-refractivity contribution < 1.29 is 17.9 Å². The quantitative estimate of drug-likeness (QED) is 0.428. The summed E-state index contributed by atoms with van der Waals surface area (Å²) in [6.45, 7) is 10.6. The molecule has 0 aliphatic heterocycles. The molecule has 0 aliphatic carbocycles. The Morgan fingerprint density at radius 1 is 0.971 bits per heavy atom. The molecule has 0 unspecified atom stereocenters. The van der Waals surface area contributed by atoms with Gasteiger partial charge in [-0.1, -0.05) is 36.4 Å². The molecule has 0 radical (unpaired) electrons. The van der Waals surface area contributed by atoms with Crippen LogP contribution in [-0.2, 0) is 16.6 Å². The van der Waals surface area contributed by atoms with E-state index in [-0.39, 0.29) is 18.5 Å². The second-order valence-corrected chi connectivity index (χ2v) is 10.8. The molecule has 7 heteroatoms. The van der Waals surface area contributed by atoms with E-state index in [1.54, 1.807) is 42.5 Å². The van der Waals surface area contributed by atoms with Crippen LogP contribution in [0.1, 0.15) is 58.1 Å². The lowest BCUT2D eigenvalue weighted by Gasteiger charge is -2.25. The molecule has 3 aromatic rings. The second-order valence-electron chi connectivity index (χ2n) is 8.86. The van der Waals surface area contributed by atoms with E-state index in [1.165, 1.54) is 21.7 Å².